The number of fused-ring (bicyclic) bond motifs is 1. The Kier molecular flexibility index (Phi) is 5.00. The number of piperidine rings is 1. The quantitative estimate of drug-likeness (QED) is 0.731. The third-order valence-corrected chi connectivity index (χ3v) is 5.20. The number of anilines is 1. The fraction of sp³-hybridized carbons (Fsp3) is 0.286. The van der Waals surface area contributed by atoms with Crippen LogP contribution in [0.25, 0.3) is 5.52 Å². The lowest BCUT2D eigenvalue weighted by molar-refractivity contribution is 0.0684. The molecule has 6 nitrogen and oxygen atoms in total. The molecule has 0 unspecified atom stereocenters. The molecule has 0 saturated carbocycles. The first-order valence-corrected chi connectivity index (χ1v) is 9.47. The Morgan fingerprint density at radius 3 is 2.62 bits per heavy atom. The SMILES string of the molecule is CC1CCN(C(=O)c2nc(C(=O)Nc3ccc(F)cc3F)c3ccccn23)CC1. The summed E-state index contributed by atoms with van der Waals surface area (Å²) in [5.74, 6) is -1.84. The van der Waals surface area contributed by atoms with Crippen molar-refractivity contribution in [3.8, 4) is 0 Å². The number of carbonyl (C=O) groups excluding carboxylic acids is 2. The van der Waals surface area contributed by atoms with Crippen LogP contribution in [0.4, 0.5) is 14.5 Å². The summed E-state index contributed by atoms with van der Waals surface area (Å²) in [5, 5.41) is 2.40. The number of hydrogen-bond acceptors (Lipinski definition) is 3. The van der Waals surface area contributed by atoms with Gasteiger partial charge in [-0.1, -0.05) is 13.0 Å². The Balaban J connectivity index is 1.67. The van der Waals surface area contributed by atoms with Crippen molar-refractivity contribution in [1.82, 2.24) is 14.3 Å². The monoisotopic (exact) mass is 398 g/mol. The zero-order valence-electron chi connectivity index (χ0n) is 15.9. The number of amides is 2. The molecule has 2 amide bonds. The van der Waals surface area contributed by atoms with E-state index in [-0.39, 0.29) is 23.1 Å². The summed E-state index contributed by atoms with van der Waals surface area (Å²) in [6.45, 7) is 3.44. The van der Waals surface area contributed by atoms with E-state index >= 15 is 0 Å². The molecule has 3 heterocycles. The average molecular weight is 398 g/mol. The highest BCUT2D eigenvalue weighted by atomic mass is 19.1. The van der Waals surface area contributed by atoms with Crippen molar-refractivity contribution in [3.05, 3.63) is 65.7 Å². The first-order chi connectivity index (χ1) is 13.9. The van der Waals surface area contributed by atoms with E-state index in [0.717, 1.165) is 25.0 Å². The number of carbonyl (C=O) groups is 2. The summed E-state index contributed by atoms with van der Waals surface area (Å²) >= 11 is 0. The van der Waals surface area contributed by atoms with Crippen LogP contribution in [0.5, 0.6) is 0 Å². The average Bonchev–Trinajstić information content (AvgIpc) is 3.10. The molecule has 1 saturated heterocycles. The minimum atomic E-state index is -0.888. The molecule has 0 bridgehead atoms. The maximum Gasteiger partial charge on any atom is 0.290 e. The smallest absolute Gasteiger partial charge is 0.290 e. The topological polar surface area (TPSA) is 66.7 Å². The van der Waals surface area contributed by atoms with Gasteiger partial charge in [-0.25, -0.2) is 13.8 Å². The zero-order chi connectivity index (χ0) is 20.5. The highest BCUT2D eigenvalue weighted by molar-refractivity contribution is 6.09. The largest absolute Gasteiger partial charge is 0.336 e. The molecule has 8 heteroatoms. The molecule has 4 rings (SSSR count). The van der Waals surface area contributed by atoms with Crippen LogP contribution in [0.3, 0.4) is 0 Å². The van der Waals surface area contributed by atoms with E-state index < -0.39 is 17.5 Å². The molecule has 1 N–H and O–H groups in total. The second kappa shape index (κ2) is 7.62. The lowest BCUT2D eigenvalue weighted by Gasteiger charge is -2.29. The molecule has 1 aromatic carbocycles. The molecule has 1 aliphatic heterocycles. The number of nitrogens with one attached hydrogen (secondary N) is 1. The highest BCUT2D eigenvalue weighted by Gasteiger charge is 2.27. The van der Waals surface area contributed by atoms with Gasteiger partial charge in [-0.2, -0.15) is 0 Å². The van der Waals surface area contributed by atoms with Crippen molar-refractivity contribution in [3.63, 3.8) is 0 Å². The van der Waals surface area contributed by atoms with Crippen molar-refractivity contribution in [2.45, 2.75) is 19.8 Å². The number of imidazole rings is 1. The molecular formula is C21H20F2N4O2. The van der Waals surface area contributed by atoms with Crippen molar-refractivity contribution < 1.29 is 18.4 Å². The van der Waals surface area contributed by atoms with Gasteiger partial charge in [-0.05, 0) is 43.0 Å². The van der Waals surface area contributed by atoms with Crippen molar-refractivity contribution in [1.29, 1.82) is 0 Å². The molecule has 0 spiro atoms. The molecular weight excluding hydrogens is 378 g/mol. The van der Waals surface area contributed by atoms with Crippen LogP contribution in [0.2, 0.25) is 0 Å². The molecule has 2 aromatic heterocycles. The number of rotatable bonds is 3. The molecule has 1 aliphatic rings. The number of nitrogens with zero attached hydrogens (tertiary/aromatic N) is 3. The second-order valence-electron chi connectivity index (χ2n) is 7.29. The van der Waals surface area contributed by atoms with Crippen LogP contribution in [0.1, 0.15) is 40.9 Å². The van der Waals surface area contributed by atoms with E-state index in [1.165, 1.54) is 0 Å². The molecule has 29 heavy (non-hydrogen) atoms. The summed E-state index contributed by atoms with van der Waals surface area (Å²) in [6, 6.07) is 8.01. The van der Waals surface area contributed by atoms with Gasteiger partial charge in [0.15, 0.2) is 5.69 Å². The predicted octanol–water partition coefficient (Wildman–Crippen LogP) is 3.74. The van der Waals surface area contributed by atoms with Crippen LogP contribution in [0.15, 0.2) is 42.6 Å². The van der Waals surface area contributed by atoms with E-state index in [1.54, 1.807) is 33.7 Å². The highest BCUT2D eigenvalue weighted by Crippen LogP contribution is 2.21. The van der Waals surface area contributed by atoms with Crippen LogP contribution < -0.4 is 5.32 Å². The third kappa shape index (κ3) is 3.70. The summed E-state index contributed by atoms with van der Waals surface area (Å²) in [7, 11) is 0. The van der Waals surface area contributed by atoms with E-state index in [1.807, 2.05) is 0 Å². The predicted molar refractivity (Wildman–Crippen MR) is 104 cm³/mol. The Hall–Kier alpha value is -3.29. The minimum absolute atomic E-state index is 0.00283. The number of halogens is 2. The van der Waals surface area contributed by atoms with E-state index in [9.17, 15) is 18.4 Å². The van der Waals surface area contributed by atoms with Crippen LogP contribution >= 0.6 is 0 Å². The summed E-state index contributed by atoms with van der Waals surface area (Å²) in [6.07, 6.45) is 3.51. The van der Waals surface area contributed by atoms with Gasteiger partial charge in [0, 0.05) is 25.4 Å². The fourth-order valence-corrected chi connectivity index (χ4v) is 3.48. The van der Waals surface area contributed by atoms with Crippen molar-refractivity contribution >= 4 is 23.0 Å². The molecule has 3 aromatic rings. The fourth-order valence-electron chi connectivity index (χ4n) is 3.48. The van der Waals surface area contributed by atoms with Crippen LogP contribution in [-0.2, 0) is 0 Å². The minimum Gasteiger partial charge on any atom is -0.336 e. The summed E-state index contributed by atoms with van der Waals surface area (Å²) < 4.78 is 28.6. The van der Waals surface area contributed by atoms with E-state index in [2.05, 4.69) is 17.2 Å². The van der Waals surface area contributed by atoms with Crippen molar-refractivity contribution in [2.24, 2.45) is 5.92 Å². The van der Waals surface area contributed by atoms with Gasteiger partial charge in [0.1, 0.15) is 11.6 Å². The number of aromatic nitrogens is 2. The first-order valence-electron chi connectivity index (χ1n) is 9.47. The Labute approximate surface area is 166 Å². The Bertz CT molecular complexity index is 1090. The van der Waals surface area contributed by atoms with Crippen molar-refractivity contribution in [2.75, 3.05) is 18.4 Å². The van der Waals surface area contributed by atoms with Gasteiger partial charge in [0.25, 0.3) is 11.8 Å². The Morgan fingerprint density at radius 2 is 1.90 bits per heavy atom. The number of pyridine rings is 1. The summed E-state index contributed by atoms with van der Waals surface area (Å²) in [4.78, 5) is 31.8. The first kappa shape index (κ1) is 19.0. The normalized spacial score (nSPS) is 14.9. The van der Waals surface area contributed by atoms with Crippen LogP contribution in [0, 0.1) is 17.6 Å². The maximum absolute atomic E-state index is 13.9. The van der Waals surface area contributed by atoms with Gasteiger partial charge in [0.05, 0.1) is 11.2 Å². The maximum atomic E-state index is 13.9. The van der Waals surface area contributed by atoms with Gasteiger partial charge < -0.3 is 10.2 Å². The summed E-state index contributed by atoms with van der Waals surface area (Å²) in [5.41, 5.74) is 0.274. The van der Waals surface area contributed by atoms with E-state index in [0.29, 0.717) is 30.6 Å². The van der Waals surface area contributed by atoms with E-state index in [4.69, 9.17) is 0 Å². The molecule has 0 atom stereocenters. The van der Waals surface area contributed by atoms with Gasteiger partial charge in [0.2, 0.25) is 5.82 Å². The Morgan fingerprint density at radius 1 is 1.14 bits per heavy atom. The van der Waals surface area contributed by atoms with Gasteiger partial charge >= 0.3 is 0 Å². The number of benzene rings is 1. The molecule has 1 fully saturated rings. The molecule has 0 aliphatic carbocycles. The number of likely N-dealkylation sites (tertiary alicyclic amines) is 1. The zero-order valence-corrected chi connectivity index (χ0v) is 15.9. The van der Waals surface area contributed by atoms with Gasteiger partial charge in [-0.3, -0.25) is 14.0 Å². The standard InChI is InChI=1S/C21H20F2N4O2/c1-13-7-10-26(11-8-13)21(29)19-25-18(17-4-2-3-9-27(17)19)20(28)24-16-6-5-14(22)12-15(16)23/h2-6,9,12-13H,7-8,10-11H2,1H3,(H,24,28). The molecule has 0 radical (unpaired) electrons. The number of hydrogen-bond donors (Lipinski definition) is 1. The molecule has 150 valence electrons. The lowest BCUT2D eigenvalue weighted by atomic mass is 9.99. The second-order valence-corrected chi connectivity index (χ2v) is 7.29. The van der Waals surface area contributed by atoms with Gasteiger partial charge in [-0.15, -0.1) is 0 Å². The van der Waals surface area contributed by atoms with Crippen LogP contribution in [-0.4, -0.2) is 39.2 Å². The lowest BCUT2D eigenvalue weighted by Crippen LogP contribution is -2.38. The third-order valence-electron chi connectivity index (χ3n) is 5.20.